The second-order valence-electron chi connectivity index (χ2n) is 7.02. The fourth-order valence-electron chi connectivity index (χ4n) is 3.36. The van der Waals surface area contributed by atoms with Gasteiger partial charge in [0.1, 0.15) is 6.04 Å². The molecule has 3 N–H and O–H groups in total. The molecular weight excluding hydrogens is 382 g/mol. The molecule has 0 spiro atoms. The minimum atomic E-state index is -3.44. The van der Waals surface area contributed by atoms with E-state index < -0.39 is 22.0 Å². The first-order valence-electron chi connectivity index (χ1n) is 9.07. The van der Waals surface area contributed by atoms with Crippen LogP contribution in [0.5, 0.6) is 0 Å². The van der Waals surface area contributed by atoms with E-state index in [1.54, 1.807) is 0 Å². The first kappa shape index (κ1) is 20.0. The van der Waals surface area contributed by atoms with Crippen LogP contribution in [0.25, 0.3) is 0 Å². The molecule has 1 aliphatic heterocycles. The Morgan fingerprint density at radius 1 is 1.36 bits per heavy atom. The zero-order valence-electron chi connectivity index (χ0n) is 15.6. The van der Waals surface area contributed by atoms with Crippen LogP contribution in [0.15, 0.2) is 36.7 Å². The van der Waals surface area contributed by atoms with Crippen molar-refractivity contribution in [3.63, 3.8) is 0 Å². The minimum absolute atomic E-state index is 0.00241. The molecular formula is C18H24N5O4S+. The summed E-state index contributed by atoms with van der Waals surface area (Å²) < 4.78 is 26.0. The fraction of sp³-hybridized carbons (Fsp3) is 0.444. The predicted octanol–water partition coefficient (Wildman–Crippen LogP) is -0.541. The first-order valence-corrected chi connectivity index (χ1v) is 10.9. The SMILES string of the molecule is CS(=O)(=O)n1c[n+]2c(n1)CCC2CCC(=O)NC(Cc1ccccc1)C(N)=O. The number of aromatic nitrogens is 3. The standard InChI is InChI=1S/C18H23N5O4S/c1-28(26,27)23-12-22-14(7-9-16(22)21-23)8-10-17(24)20-15(18(19)25)11-13-5-3-2-4-6-13/h2-6,12,14-15H,7-11H2,1H3,(H2-,19,20,24,25)/p+1. The monoisotopic (exact) mass is 406 g/mol. The number of primary amides is 1. The average Bonchev–Trinajstić information content (AvgIpc) is 3.21. The topological polar surface area (TPSA) is 128 Å². The molecule has 2 unspecified atom stereocenters. The van der Waals surface area contributed by atoms with Gasteiger partial charge in [-0.25, -0.2) is 4.57 Å². The molecule has 0 aliphatic carbocycles. The third-order valence-corrected chi connectivity index (χ3v) is 5.69. The van der Waals surface area contributed by atoms with Crippen molar-refractivity contribution < 1.29 is 22.6 Å². The van der Waals surface area contributed by atoms with E-state index in [-0.39, 0.29) is 18.4 Å². The molecule has 10 heteroatoms. The lowest BCUT2D eigenvalue weighted by atomic mass is 10.0. The molecule has 1 aromatic heterocycles. The van der Waals surface area contributed by atoms with E-state index in [0.717, 1.165) is 22.3 Å². The molecule has 150 valence electrons. The maximum atomic E-state index is 12.3. The minimum Gasteiger partial charge on any atom is -0.368 e. The normalized spacial score (nSPS) is 17.1. The molecule has 0 fully saturated rings. The molecule has 0 radical (unpaired) electrons. The predicted molar refractivity (Wildman–Crippen MR) is 101 cm³/mol. The van der Waals surface area contributed by atoms with Crippen molar-refractivity contribution in [3.8, 4) is 0 Å². The Morgan fingerprint density at radius 3 is 2.71 bits per heavy atom. The molecule has 2 heterocycles. The first-order chi connectivity index (χ1) is 13.2. The Labute approximate surface area is 163 Å². The van der Waals surface area contributed by atoms with Gasteiger partial charge in [0.25, 0.3) is 5.82 Å². The number of amides is 2. The van der Waals surface area contributed by atoms with Crippen LogP contribution in [-0.4, -0.2) is 41.7 Å². The van der Waals surface area contributed by atoms with Crippen molar-refractivity contribution in [2.75, 3.05) is 6.26 Å². The molecule has 0 bridgehead atoms. The number of carbonyl (C=O) groups is 2. The number of aryl methyl sites for hydroxylation is 1. The molecule has 0 saturated heterocycles. The maximum Gasteiger partial charge on any atom is 0.309 e. The summed E-state index contributed by atoms with van der Waals surface area (Å²) in [5, 5.41) is 6.79. The van der Waals surface area contributed by atoms with Gasteiger partial charge in [0.15, 0.2) is 0 Å². The largest absolute Gasteiger partial charge is 0.368 e. The zero-order chi connectivity index (χ0) is 20.3. The van der Waals surface area contributed by atoms with Crippen LogP contribution < -0.4 is 15.6 Å². The highest BCUT2D eigenvalue weighted by molar-refractivity contribution is 7.89. The average molecular weight is 406 g/mol. The van der Waals surface area contributed by atoms with E-state index in [0.29, 0.717) is 25.1 Å². The van der Waals surface area contributed by atoms with Crippen LogP contribution in [0.1, 0.15) is 36.7 Å². The lowest BCUT2D eigenvalue weighted by Crippen LogP contribution is -2.46. The lowest BCUT2D eigenvalue weighted by Gasteiger charge is -2.16. The van der Waals surface area contributed by atoms with Crippen molar-refractivity contribution in [3.05, 3.63) is 48.0 Å². The number of nitrogens with two attached hydrogens (primary N) is 1. The summed E-state index contributed by atoms with van der Waals surface area (Å²) in [6, 6.07) is 8.57. The number of carbonyl (C=O) groups excluding carboxylic acids is 2. The zero-order valence-corrected chi connectivity index (χ0v) is 16.4. The summed E-state index contributed by atoms with van der Waals surface area (Å²) in [7, 11) is -3.44. The molecule has 9 nitrogen and oxygen atoms in total. The van der Waals surface area contributed by atoms with Gasteiger partial charge < -0.3 is 11.1 Å². The van der Waals surface area contributed by atoms with E-state index >= 15 is 0 Å². The molecule has 2 aromatic rings. The van der Waals surface area contributed by atoms with Crippen LogP contribution in [0.4, 0.5) is 0 Å². The van der Waals surface area contributed by atoms with Crippen molar-refractivity contribution in [1.29, 1.82) is 0 Å². The van der Waals surface area contributed by atoms with Gasteiger partial charge in [-0.1, -0.05) is 30.3 Å². The van der Waals surface area contributed by atoms with E-state index in [2.05, 4.69) is 10.4 Å². The van der Waals surface area contributed by atoms with Gasteiger partial charge in [0, 0.05) is 19.3 Å². The van der Waals surface area contributed by atoms with Crippen LogP contribution in [0, 0.1) is 0 Å². The molecule has 1 aliphatic rings. The van der Waals surface area contributed by atoms with Crippen LogP contribution in [-0.2, 0) is 32.5 Å². The van der Waals surface area contributed by atoms with Crippen LogP contribution in [0.3, 0.4) is 0 Å². The van der Waals surface area contributed by atoms with Gasteiger partial charge in [-0.2, -0.15) is 8.42 Å². The highest BCUT2D eigenvalue weighted by Crippen LogP contribution is 2.20. The molecule has 28 heavy (non-hydrogen) atoms. The van der Waals surface area contributed by atoms with E-state index in [4.69, 9.17) is 5.73 Å². The van der Waals surface area contributed by atoms with Gasteiger partial charge in [-0.3, -0.25) is 9.59 Å². The Hall–Kier alpha value is -2.75. The Balaban J connectivity index is 1.57. The van der Waals surface area contributed by atoms with Crippen molar-refractivity contribution in [1.82, 2.24) is 14.5 Å². The third kappa shape index (κ3) is 4.75. The Morgan fingerprint density at radius 2 is 2.07 bits per heavy atom. The van der Waals surface area contributed by atoms with Crippen molar-refractivity contribution >= 4 is 21.8 Å². The molecule has 2 atom stereocenters. The van der Waals surface area contributed by atoms with E-state index in [9.17, 15) is 18.0 Å². The Bertz CT molecular complexity index is 971. The summed E-state index contributed by atoms with van der Waals surface area (Å²) in [6.07, 6.45) is 5.08. The van der Waals surface area contributed by atoms with Crippen molar-refractivity contribution in [2.24, 2.45) is 5.73 Å². The van der Waals surface area contributed by atoms with E-state index in [1.165, 1.54) is 6.33 Å². The number of hydrogen-bond donors (Lipinski definition) is 2. The highest BCUT2D eigenvalue weighted by Gasteiger charge is 2.33. The van der Waals surface area contributed by atoms with Gasteiger partial charge in [0.05, 0.1) is 17.4 Å². The number of hydrogen-bond acceptors (Lipinski definition) is 5. The summed E-state index contributed by atoms with van der Waals surface area (Å²) in [5.41, 5.74) is 6.34. The summed E-state index contributed by atoms with van der Waals surface area (Å²) in [4.78, 5) is 24.0. The molecule has 2 amide bonds. The number of rotatable bonds is 8. The quantitative estimate of drug-likeness (QED) is 0.569. The van der Waals surface area contributed by atoms with Crippen LogP contribution >= 0.6 is 0 Å². The smallest absolute Gasteiger partial charge is 0.309 e. The highest BCUT2D eigenvalue weighted by atomic mass is 32.2. The maximum absolute atomic E-state index is 12.3. The fourth-order valence-corrected chi connectivity index (χ4v) is 3.88. The summed E-state index contributed by atoms with van der Waals surface area (Å²) in [6.45, 7) is 0. The van der Waals surface area contributed by atoms with Gasteiger partial charge in [-0.15, -0.1) is 0 Å². The summed E-state index contributed by atoms with van der Waals surface area (Å²) in [5.74, 6) is -0.150. The van der Waals surface area contributed by atoms with Crippen molar-refractivity contribution in [2.45, 2.75) is 44.2 Å². The third-order valence-electron chi connectivity index (χ3n) is 4.84. The molecule has 3 rings (SSSR count). The molecule has 1 aromatic carbocycles. The second kappa shape index (κ2) is 8.09. The molecule has 0 saturated carbocycles. The lowest BCUT2D eigenvalue weighted by molar-refractivity contribution is -0.717. The van der Waals surface area contributed by atoms with Gasteiger partial charge >= 0.3 is 10.0 Å². The van der Waals surface area contributed by atoms with Gasteiger partial charge in [-0.05, 0) is 22.5 Å². The van der Waals surface area contributed by atoms with Gasteiger partial charge in [0.2, 0.25) is 18.1 Å². The number of benzene rings is 1. The summed E-state index contributed by atoms with van der Waals surface area (Å²) >= 11 is 0. The van der Waals surface area contributed by atoms with E-state index in [1.807, 2.05) is 34.9 Å². The number of fused-ring (bicyclic) bond motifs is 1. The van der Waals surface area contributed by atoms with Crippen LogP contribution in [0.2, 0.25) is 0 Å². The number of nitrogens with one attached hydrogen (secondary N) is 1. The number of nitrogens with zero attached hydrogens (tertiary/aromatic N) is 3. The second-order valence-corrected chi connectivity index (χ2v) is 8.86. The Kier molecular flexibility index (Phi) is 5.78.